The second kappa shape index (κ2) is 8.78. The fourth-order valence-corrected chi connectivity index (χ4v) is 4.36. The molecule has 0 saturated carbocycles. The molecular formula is C23H27BrN4O2. The SMILES string of the molecule is CCOc1cc(C(=O)NN2CCCCC2)ccc1-c1nc2cc(Br)c(C)c(C)c2[nH]1. The van der Waals surface area contributed by atoms with Crippen LogP contribution >= 0.6 is 15.9 Å². The molecule has 6 nitrogen and oxygen atoms in total. The highest BCUT2D eigenvalue weighted by Crippen LogP contribution is 2.33. The normalized spacial score (nSPS) is 14.8. The zero-order valence-corrected chi connectivity index (χ0v) is 19.2. The number of amides is 1. The number of benzene rings is 2. The van der Waals surface area contributed by atoms with Crippen molar-refractivity contribution < 1.29 is 9.53 Å². The monoisotopic (exact) mass is 470 g/mol. The minimum atomic E-state index is -0.107. The smallest absolute Gasteiger partial charge is 0.265 e. The number of H-pyrrole nitrogens is 1. The molecule has 3 aromatic rings. The van der Waals surface area contributed by atoms with Crippen LogP contribution < -0.4 is 10.2 Å². The Morgan fingerprint density at radius 2 is 1.97 bits per heavy atom. The van der Waals surface area contributed by atoms with Crippen molar-refractivity contribution in [3.8, 4) is 17.1 Å². The number of hydrogen-bond donors (Lipinski definition) is 2. The molecule has 30 heavy (non-hydrogen) atoms. The number of carbonyl (C=O) groups excluding carboxylic acids is 1. The van der Waals surface area contributed by atoms with Gasteiger partial charge in [-0.2, -0.15) is 0 Å². The number of rotatable bonds is 5. The Hall–Kier alpha value is -2.38. The number of aromatic amines is 1. The Labute approximate surface area is 185 Å². The van der Waals surface area contributed by atoms with E-state index in [1.165, 1.54) is 12.0 Å². The molecule has 2 N–H and O–H groups in total. The van der Waals surface area contributed by atoms with E-state index in [4.69, 9.17) is 9.72 Å². The first kappa shape index (κ1) is 20.9. The predicted octanol–water partition coefficient (Wildman–Crippen LogP) is 5.14. The van der Waals surface area contributed by atoms with Crippen LogP contribution in [0.3, 0.4) is 0 Å². The second-order valence-corrected chi connectivity index (χ2v) is 8.57. The maximum Gasteiger partial charge on any atom is 0.265 e. The fourth-order valence-electron chi connectivity index (χ4n) is 3.85. The van der Waals surface area contributed by atoms with E-state index in [9.17, 15) is 4.79 Å². The standard InChI is InChI=1S/C23H27BrN4O2/c1-4-30-20-12-16(23(29)27-28-10-6-5-7-11-28)8-9-17(20)22-25-19-13-18(24)14(2)15(3)21(19)26-22/h8-9,12-13H,4-7,10-11H2,1-3H3,(H,25,26)(H,27,29). The molecule has 0 unspecified atom stereocenters. The van der Waals surface area contributed by atoms with E-state index in [0.29, 0.717) is 17.9 Å². The zero-order chi connectivity index (χ0) is 21.3. The van der Waals surface area contributed by atoms with Crippen LogP contribution in [0.1, 0.15) is 47.7 Å². The third kappa shape index (κ3) is 4.09. The van der Waals surface area contributed by atoms with Crippen molar-refractivity contribution in [2.75, 3.05) is 19.7 Å². The molecule has 1 fully saturated rings. The quantitative estimate of drug-likeness (QED) is 0.541. The maximum absolute atomic E-state index is 12.7. The van der Waals surface area contributed by atoms with Crippen molar-refractivity contribution in [3.05, 3.63) is 45.4 Å². The topological polar surface area (TPSA) is 70.2 Å². The highest BCUT2D eigenvalue weighted by molar-refractivity contribution is 9.10. The summed E-state index contributed by atoms with van der Waals surface area (Å²) >= 11 is 3.61. The molecule has 7 heteroatoms. The van der Waals surface area contributed by atoms with Crippen LogP contribution in [0.5, 0.6) is 5.75 Å². The van der Waals surface area contributed by atoms with Gasteiger partial charge < -0.3 is 9.72 Å². The Morgan fingerprint density at radius 3 is 2.70 bits per heavy atom. The molecule has 1 aromatic heterocycles. The lowest BCUT2D eigenvalue weighted by atomic mass is 10.1. The number of aromatic nitrogens is 2. The van der Waals surface area contributed by atoms with Crippen molar-refractivity contribution >= 4 is 32.9 Å². The number of piperidine rings is 1. The van der Waals surface area contributed by atoms with Gasteiger partial charge in [-0.25, -0.2) is 9.99 Å². The highest BCUT2D eigenvalue weighted by Gasteiger charge is 2.18. The molecule has 0 radical (unpaired) electrons. The summed E-state index contributed by atoms with van der Waals surface area (Å²) in [5, 5.41) is 2.00. The predicted molar refractivity (Wildman–Crippen MR) is 123 cm³/mol. The number of hydrogen-bond acceptors (Lipinski definition) is 4. The number of fused-ring (bicyclic) bond motifs is 1. The van der Waals surface area contributed by atoms with Crippen LogP contribution in [0.15, 0.2) is 28.7 Å². The van der Waals surface area contributed by atoms with Crippen molar-refractivity contribution in [1.82, 2.24) is 20.4 Å². The largest absolute Gasteiger partial charge is 0.493 e. The number of nitrogens with zero attached hydrogens (tertiary/aromatic N) is 2. The van der Waals surface area contributed by atoms with Crippen molar-refractivity contribution in [2.45, 2.75) is 40.0 Å². The number of imidazole rings is 1. The minimum absolute atomic E-state index is 0.107. The highest BCUT2D eigenvalue weighted by atomic mass is 79.9. The van der Waals surface area contributed by atoms with Crippen LogP contribution in [-0.2, 0) is 0 Å². The molecule has 0 spiro atoms. The average Bonchev–Trinajstić information content (AvgIpc) is 3.17. The summed E-state index contributed by atoms with van der Waals surface area (Å²) in [7, 11) is 0. The Balaban J connectivity index is 1.67. The van der Waals surface area contributed by atoms with E-state index in [1.807, 2.05) is 30.1 Å². The molecule has 0 aliphatic carbocycles. The lowest BCUT2D eigenvalue weighted by Gasteiger charge is -2.26. The molecule has 158 valence electrons. The van der Waals surface area contributed by atoms with Gasteiger partial charge in [0.15, 0.2) is 0 Å². The number of carbonyl (C=O) groups is 1. The fraction of sp³-hybridized carbons (Fsp3) is 0.391. The average molecular weight is 471 g/mol. The molecule has 1 amide bonds. The molecular weight excluding hydrogens is 444 g/mol. The Morgan fingerprint density at radius 1 is 1.20 bits per heavy atom. The van der Waals surface area contributed by atoms with Crippen LogP contribution in [0.25, 0.3) is 22.4 Å². The molecule has 4 rings (SSSR count). The van der Waals surface area contributed by atoms with Crippen LogP contribution in [0, 0.1) is 13.8 Å². The summed E-state index contributed by atoms with van der Waals surface area (Å²) in [6.07, 6.45) is 3.46. The lowest BCUT2D eigenvalue weighted by molar-refractivity contribution is 0.0749. The zero-order valence-electron chi connectivity index (χ0n) is 17.6. The second-order valence-electron chi connectivity index (χ2n) is 7.72. The van der Waals surface area contributed by atoms with Gasteiger partial charge >= 0.3 is 0 Å². The minimum Gasteiger partial charge on any atom is -0.493 e. The molecule has 0 bridgehead atoms. The van der Waals surface area contributed by atoms with Crippen LogP contribution in [0.4, 0.5) is 0 Å². The third-order valence-electron chi connectivity index (χ3n) is 5.71. The van der Waals surface area contributed by atoms with Gasteiger partial charge in [-0.05, 0) is 69.0 Å². The van der Waals surface area contributed by atoms with E-state index in [2.05, 4.69) is 40.2 Å². The van der Waals surface area contributed by atoms with E-state index in [0.717, 1.165) is 58.4 Å². The van der Waals surface area contributed by atoms with Crippen LogP contribution in [0.2, 0.25) is 0 Å². The van der Waals surface area contributed by atoms with E-state index in [-0.39, 0.29) is 5.91 Å². The van der Waals surface area contributed by atoms with Gasteiger partial charge in [0.25, 0.3) is 5.91 Å². The lowest BCUT2D eigenvalue weighted by Crippen LogP contribution is -2.45. The summed E-state index contributed by atoms with van der Waals surface area (Å²) < 4.78 is 6.93. The summed E-state index contributed by atoms with van der Waals surface area (Å²) in [4.78, 5) is 21.0. The van der Waals surface area contributed by atoms with Gasteiger partial charge in [-0.1, -0.05) is 22.4 Å². The van der Waals surface area contributed by atoms with Gasteiger partial charge in [0, 0.05) is 23.1 Å². The molecule has 2 heterocycles. The number of aryl methyl sites for hydroxylation is 1. The molecule has 2 aromatic carbocycles. The Kier molecular flexibility index (Phi) is 6.11. The molecule has 1 aliphatic rings. The first-order chi connectivity index (χ1) is 14.5. The maximum atomic E-state index is 12.7. The van der Waals surface area contributed by atoms with Gasteiger partial charge in [-0.3, -0.25) is 10.2 Å². The van der Waals surface area contributed by atoms with E-state index >= 15 is 0 Å². The third-order valence-corrected chi connectivity index (χ3v) is 6.53. The van der Waals surface area contributed by atoms with Gasteiger partial charge in [0.1, 0.15) is 11.6 Å². The van der Waals surface area contributed by atoms with Gasteiger partial charge in [0.05, 0.1) is 23.2 Å². The summed E-state index contributed by atoms with van der Waals surface area (Å²) in [6.45, 7) is 8.41. The van der Waals surface area contributed by atoms with Gasteiger partial charge in [0.2, 0.25) is 0 Å². The molecule has 1 saturated heterocycles. The summed E-state index contributed by atoms with van der Waals surface area (Å²) in [6, 6.07) is 7.57. The number of nitrogens with one attached hydrogen (secondary N) is 2. The first-order valence-electron chi connectivity index (χ1n) is 10.5. The van der Waals surface area contributed by atoms with Crippen molar-refractivity contribution in [2.24, 2.45) is 0 Å². The molecule has 0 atom stereocenters. The number of ether oxygens (including phenoxy) is 1. The van der Waals surface area contributed by atoms with Crippen molar-refractivity contribution in [1.29, 1.82) is 0 Å². The summed E-state index contributed by atoms with van der Waals surface area (Å²) in [5.74, 6) is 1.28. The Bertz CT molecular complexity index is 1090. The summed E-state index contributed by atoms with van der Waals surface area (Å²) in [5.41, 5.74) is 8.70. The van der Waals surface area contributed by atoms with E-state index in [1.54, 1.807) is 6.07 Å². The van der Waals surface area contributed by atoms with Crippen LogP contribution in [-0.4, -0.2) is 40.6 Å². The van der Waals surface area contributed by atoms with Gasteiger partial charge in [-0.15, -0.1) is 0 Å². The number of halogens is 1. The van der Waals surface area contributed by atoms with E-state index < -0.39 is 0 Å². The first-order valence-corrected chi connectivity index (χ1v) is 11.3. The molecule has 1 aliphatic heterocycles. The van der Waals surface area contributed by atoms with Crippen molar-refractivity contribution in [3.63, 3.8) is 0 Å². The number of hydrazine groups is 1.